The summed E-state index contributed by atoms with van der Waals surface area (Å²) in [4.78, 5) is 22.9. The molecule has 2 unspecified atom stereocenters. The number of aryl methyl sites for hydroxylation is 1. The van der Waals surface area contributed by atoms with E-state index in [-0.39, 0.29) is 11.9 Å². The van der Waals surface area contributed by atoms with Gasteiger partial charge in [0, 0.05) is 10.3 Å². The molecular weight excluding hydrogens is 366 g/mol. The minimum Gasteiger partial charge on any atom is -0.344 e. The minimum atomic E-state index is -0.105. The zero-order chi connectivity index (χ0) is 20.0. The lowest BCUT2D eigenvalue weighted by Crippen LogP contribution is -2.40. The Hall–Kier alpha value is -3.22. The molecule has 3 aromatic rings. The van der Waals surface area contributed by atoms with E-state index in [4.69, 9.17) is 4.84 Å². The second-order valence-corrected chi connectivity index (χ2v) is 7.92. The summed E-state index contributed by atoms with van der Waals surface area (Å²) in [6.45, 7) is 2.20. The van der Waals surface area contributed by atoms with E-state index in [2.05, 4.69) is 40.5 Å². The van der Waals surface area contributed by atoms with Crippen molar-refractivity contribution in [2.75, 3.05) is 7.11 Å². The number of rotatable bonds is 4. The molecule has 1 amide bonds. The van der Waals surface area contributed by atoms with Crippen LogP contribution in [0.2, 0.25) is 0 Å². The summed E-state index contributed by atoms with van der Waals surface area (Å²) in [5.74, 6) is 1.02. The van der Waals surface area contributed by atoms with Crippen LogP contribution in [-0.4, -0.2) is 27.8 Å². The van der Waals surface area contributed by atoms with Gasteiger partial charge in [0.2, 0.25) is 12.0 Å². The lowest BCUT2D eigenvalue weighted by Gasteiger charge is -2.13. The largest absolute Gasteiger partial charge is 0.344 e. The Morgan fingerprint density at radius 1 is 1.31 bits per heavy atom. The van der Waals surface area contributed by atoms with Crippen molar-refractivity contribution >= 4 is 5.91 Å². The molecule has 0 spiro atoms. The average Bonchev–Trinajstić information content (AvgIpc) is 3.41. The number of nitrogens with one attached hydrogen (secondary N) is 1. The second kappa shape index (κ2) is 6.99. The molecule has 0 aliphatic heterocycles. The number of nitrogens with zero attached hydrogens (tertiary/aromatic N) is 4. The van der Waals surface area contributed by atoms with Crippen molar-refractivity contribution in [3.63, 3.8) is 0 Å². The van der Waals surface area contributed by atoms with Gasteiger partial charge in [0.05, 0.1) is 17.9 Å². The fourth-order valence-corrected chi connectivity index (χ4v) is 4.55. The van der Waals surface area contributed by atoms with Gasteiger partial charge in [0.25, 0.3) is 12.1 Å². The molecule has 29 heavy (non-hydrogen) atoms. The van der Waals surface area contributed by atoms with Gasteiger partial charge in [-0.25, -0.2) is 9.67 Å². The van der Waals surface area contributed by atoms with Crippen molar-refractivity contribution < 1.29 is 14.4 Å². The van der Waals surface area contributed by atoms with E-state index < -0.39 is 0 Å². The standard InChI is InChI=1S/C22H23N5O2/c1-14-11-17-19(12-14)27(20-13-26(29-2)10-9-23-20)25-21(17)22(28)24-18-8-7-15-5-3-4-6-16(15)18/h3-6,9-10,13-14,18H,7-8,11-12H2,1-2H3/p+1. The van der Waals surface area contributed by atoms with Crippen LogP contribution in [-0.2, 0) is 19.3 Å². The van der Waals surface area contributed by atoms with Crippen molar-refractivity contribution in [1.29, 1.82) is 0 Å². The van der Waals surface area contributed by atoms with Crippen molar-refractivity contribution in [3.8, 4) is 5.82 Å². The van der Waals surface area contributed by atoms with Gasteiger partial charge in [-0.2, -0.15) is 5.10 Å². The van der Waals surface area contributed by atoms with Gasteiger partial charge in [0.1, 0.15) is 7.11 Å². The zero-order valence-corrected chi connectivity index (χ0v) is 16.6. The lowest BCUT2D eigenvalue weighted by molar-refractivity contribution is -0.885. The van der Waals surface area contributed by atoms with Gasteiger partial charge in [-0.15, -0.1) is 0 Å². The molecule has 0 radical (unpaired) electrons. The van der Waals surface area contributed by atoms with Crippen LogP contribution in [0.4, 0.5) is 0 Å². The Kier molecular flexibility index (Phi) is 4.30. The quantitative estimate of drug-likeness (QED) is 0.689. The highest BCUT2D eigenvalue weighted by atomic mass is 16.6. The Balaban J connectivity index is 1.49. The Bertz CT molecular complexity index is 1090. The van der Waals surface area contributed by atoms with E-state index in [0.717, 1.165) is 36.9 Å². The molecule has 2 aliphatic carbocycles. The van der Waals surface area contributed by atoms with Gasteiger partial charge in [-0.1, -0.05) is 31.2 Å². The molecule has 0 saturated heterocycles. The van der Waals surface area contributed by atoms with E-state index in [9.17, 15) is 4.79 Å². The SMILES string of the molecule is CO[n+]1ccnc(-n2nc(C(=O)NC3CCc4ccccc43)c3c2CC(C)C3)c1. The third-order valence-corrected chi connectivity index (χ3v) is 5.93. The molecule has 7 heteroatoms. The first-order valence-corrected chi connectivity index (χ1v) is 10.1. The van der Waals surface area contributed by atoms with Crippen molar-refractivity contribution in [2.45, 2.75) is 38.6 Å². The molecule has 2 atom stereocenters. The smallest absolute Gasteiger partial charge is 0.272 e. The van der Waals surface area contributed by atoms with Crippen LogP contribution in [0.25, 0.3) is 5.82 Å². The Morgan fingerprint density at radius 3 is 3.03 bits per heavy atom. The summed E-state index contributed by atoms with van der Waals surface area (Å²) in [5, 5.41) is 7.90. The van der Waals surface area contributed by atoms with Crippen LogP contribution in [0.15, 0.2) is 42.9 Å². The van der Waals surface area contributed by atoms with Gasteiger partial charge >= 0.3 is 0 Å². The van der Waals surface area contributed by atoms with Crippen molar-refractivity contribution in [2.24, 2.45) is 5.92 Å². The summed E-state index contributed by atoms with van der Waals surface area (Å²) < 4.78 is 3.37. The minimum absolute atomic E-state index is 0.0452. The molecule has 2 aliphatic rings. The van der Waals surface area contributed by atoms with E-state index in [0.29, 0.717) is 17.4 Å². The molecular formula is C22H24N5O2+. The molecule has 5 rings (SSSR count). The Morgan fingerprint density at radius 2 is 2.17 bits per heavy atom. The first-order valence-electron chi connectivity index (χ1n) is 10.1. The van der Waals surface area contributed by atoms with Crippen LogP contribution in [0.1, 0.15) is 52.3 Å². The van der Waals surface area contributed by atoms with E-state index in [1.807, 2.05) is 6.07 Å². The van der Waals surface area contributed by atoms with Crippen molar-refractivity contribution in [1.82, 2.24) is 20.1 Å². The van der Waals surface area contributed by atoms with E-state index >= 15 is 0 Å². The highest BCUT2D eigenvalue weighted by molar-refractivity contribution is 5.94. The van der Waals surface area contributed by atoms with Gasteiger partial charge in [-0.05, 0) is 42.7 Å². The first kappa shape index (κ1) is 17.8. The summed E-state index contributed by atoms with van der Waals surface area (Å²) in [6.07, 6.45) is 8.82. The number of amides is 1. The monoisotopic (exact) mass is 390 g/mol. The highest BCUT2D eigenvalue weighted by Gasteiger charge is 2.33. The second-order valence-electron chi connectivity index (χ2n) is 7.92. The van der Waals surface area contributed by atoms with Crippen LogP contribution < -0.4 is 14.9 Å². The molecule has 7 nitrogen and oxygen atoms in total. The maximum Gasteiger partial charge on any atom is 0.272 e. The number of hydrogen-bond acceptors (Lipinski definition) is 4. The zero-order valence-electron chi connectivity index (χ0n) is 16.6. The van der Waals surface area contributed by atoms with Crippen LogP contribution in [0, 0.1) is 5.92 Å². The third-order valence-electron chi connectivity index (χ3n) is 5.93. The molecule has 1 N–H and O–H groups in total. The average molecular weight is 390 g/mol. The fraction of sp³-hybridized carbons (Fsp3) is 0.364. The third kappa shape index (κ3) is 3.06. The number of fused-ring (bicyclic) bond motifs is 2. The maximum atomic E-state index is 13.2. The van der Waals surface area contributed by atoms with Crippen LogP contribution in [0.3, 0.4) is 0 Å². The molecule has 0 saturated carbocycles. The molecule has 0 bridgehead atoms. The fourth-order valence-electron chi connectivity index (χ4n) is 4.55. The predicted octanol–water partition coefficient (Wildman–Crippen LogP) is 1.77. The van der Waals surface area contributed by atoms with E-state index in [1.165, 1.54) is 11.1 Å². The van der Waals surface area contributed by atoms with Crippen LogP contribution in [0.5, 0.6) is 0 Å². The maximum absolute atomic E-state index is 13.2. The molecule has 1 aromatic carbocycles. The van der Waals surface area contributed by atoms with Crippen LogP contribution >= 0.6 is 0 Å². The number of aromatic nitrogens is 4. The van der Waals surface area contributed by atoms with Gasteiger partial charge in [-0.3, -0.25) is 9.63 Å². The first-order chi connectivity index (χ1) is 14.1. The summed E-state index contributed by atoms with van der Waals surface area (Å²) in [5.41, 5.74) is 5.16. The van der Waals surface area contributed by atoms with Gasteiger partial charge in [0.15, 0.2) is 5.69 Å². The molecule has 2 aromatic heterocycles. The normalized spacial score (nSPS) is 19.7. The van der Waals surface area contributed by atoms with Gasteiger partial charge < -0.3 is 5.32 Å². The van der Waals surface area contributed by atoms with E-state index in [1.54, 1.807) is 35.1 Å². The highest BCUT2D eigenvalue weighted by Crippen LogP contribution is 2.33. The Labute approximate surface area is 169 Å². The predicted molar refractivity (Wildman–Crippen MR) is 106 cm³/mol. The molecule has 2 heterocycles. The van der Waals surface area contributed by atoms with Crippen molar-refractivity contribution in [3.05, 3.63) is 70.9 Å². The summed E-state index contributed by atoms with van der Waals surface area (Å²) in [6, 6.07) is 8.38. The number of carbonyl (C=O) groups is 1. The number of benzene rings is 1. The summed E-state index contributed by atoms with van der Waals surface area (Å²) in [7, 11) is 1.59. The lowest BCUT2D eigenvalue weighted by atomic mass is 10.1. The molecule has 0 fully saturated rings. The summed E-state index contributed by atoms with van der Waals surface area (Å²) >= 11 is 0. The topological polar surface area (TPSA) is 72.9 Å². The molecule has 148 valence electrons. The number of hydrogen-bond donors (Lipinski definition) is 1. The number of carbonyl (C=O) groups excluding carboxylic acids is 1.